The SMILES string of the molecule is O=C(CC1CCCC1)N1CCN(C(=O)c2cnc(-c3ccccc3F)s2)CC1. The zero-order valence-electron chi connectivity index (χ0n) is 15.8. The zero-order chi connectivity index (χ0) is 19.5. The Hall–Kier alpha value is -2.28. The molecule has 0 radical (unpaired) electrons. The summed E-state index contributed by atoms with van der Waals surface area (Å²) in [5.41, 5.74) is 0.411. The van der Waals surface area contributed by atoms with Gasteiger partial charge in [-0.1, -0.05) is 25.0 Å². The molecule has 2 aliphatic rings. The minimum absolute atomic E-state index is 0.0945. The molecule has 2 amide bonds. The van der Waals surface area contributed by atoms with Gasteiger partial charge in [-0.15, -0.1) is 11.3 Å². The van der Waals surface area contributed by atoms with Crippen LogP contribution in [0.1, 0.15) is 41.8 Å². The van der Waals surface area contributed by atoms with Gasteiger partial charge in [-0.2, -0.15) is 0 Å². The van der Waals surface area contributed by atoms with Crippen molar-refractivity contribution >= 4 is 23.2 Å². The topological polar surface area (TPSA) is 53.5 Å². The van der Waals surface area contributed by atoms with Crippen molar-refractivity contribution in [2.75, 3.05) is 26.2 Å². The fourth-order valence-electron chi connectivity index (χ4n) is 4.04. The van der Waals surface area contributed by atoms with Crippen molar-refractivity contribution in [2.24, 2.45) is 5.92 Å². The van der Waals surface area contributed by atoms with Crippen molar-refractivity contribution in [2.45, 2.75) is 32.1 Å². The molecule has 1 saturated heterocycles. The summed E-state index contributed by atoms with van der Waals surface area (Å²) < 4.78 is 13.9. The smallest absolute Gasteiger partial charge is 0.265 e. The Labute approximate surface area is 168 Å². The molecule has 2 aromatic rings. The summed E-state index contributed by atoms with van der Waals surface area (Å²) in [7, 11) is 0. The monoisotopic (exact) mass is 401 g/mol. The van der Waals surface area contributed by atoms with Crippen molar-refractivity contribution in [1.82, 2.24) is 14.8 Å². The van der Waals surface area contributed by atoms with E-state index in [0.717, 1.165) is 0 Å². The van der Waals surface area contributed by atoms with E-state index in [1.165, 1.54) is 49.3 Å². The van der Waals surface area contributed by atoms with Crippen molar-refractivity contribution < 1.29 is 14.0 Å². The number of amides is 2. The largest absolute Gasteiger partial charge is 0.339 e. The number of benzene rings is 1. The van der Waals surface area contributed by atoms with Gasteiger partial charge < -0.3 is 9.80 Å². The molecule has 1 aliphatic carbocycles. The highest BCUT2D eigenvalue weighted by molar-refractivity contribution is 7.16. The van der Waals surface area contributed by atoms with Gasteiger partial charge in [0.05, 0.1) is 6.20 Å². The molecule has 2 fully saturated rings. The van der Waals surface area contributed by atoms with Crippen LogP contribution in [0.5, 0.6) is 0 Å². The van der Waals surface area contributed by atoms with Crippen LogP contribution >= 0.6 is 11.3 Å². The molecule has 2 heterocycles. The fraction of sp³-hybridized carbons (Fsp3) is 0.476. The van der Waals surface area contributed by atoms with Crippen LogP contribution in [0, 0.1) is 11.7 Å². The Morgan fingerprint density at radius 2 is 1.75 bits per heavy atom. The van der Waals surface area contributed by atoms with E-state index in [1.54, 1.807) is 23.1 Å². The van der Waals surface area contributed by atoms with Crippen molar-refractivity contribution in [1.29, 1.82) is 0 Å². The number of piperazine rings is 1. The van der Waals surface area contributed by atoms with E-state index in [2.05, 4.69) is 4.98 Å². The minimum Gasteiger partial charge on any atom is -0.339 e. The molecule has 148 valence electrons. The van der Waals surface area contributed by atoms with Crippen molar-refractivity contribution in [3.05, 3.63) is 41.2 Å². The standard InChI is InChI=1S/C21H24FN3O2S/c22-17-8-4-3-7-16(17)20-23-14-18(28-20)21(27)25-11-9-24(10-12-25)19(26)13-15-5-1-2-6-15/h3-4,7-8,14-15H,1-2,5-6,9-13H2. The maximum Gasteiger partial charge on any atom is 0.265 e. The number of carbonyl (C=O) groups excluding carboxylic acids is 2. The maximum atomic E-state index is 13.9. The Kier molecular flexibility index (Phi) is 5.71. The van der Waals surface area contributed by atoms with Crippen LogP contribution in [0.3, 0.4) is 0 Å². The summed E-state index contributed by atoms with van der Waals surface area (Å²) in [5, 5.41) is 0.506. The predicted molar refractivity (Wildman–Crippen MR) is 107 cm³/mol. The van der Waals surface area contributed by atoms with E-state index in [1.807, 2.05) is 4.90 Å². The second-order valence-corrected chi connectivity index (χ2v) is 8.57. The van der Waals surface area contributed by atoms with Gasteiger partial charge in [0.15, 0.2) is 0 Å². The molecule has 0 N–H and O–H groups in total. The van der Waals surface area contributed by atoms with Gasteiger partial charge in [-0.3, -0.25) is 9.59 Å². The van der Waals surface area contributed by atoms with Gasteiger partial charge >= 0.3 is 0 Å². The van der Waals surface area contributed by atoms with Gasteiger partial charge in [-0.05, 0) is 30.9 Å². The molecule has 7 heteroatoms. The molecule has 5 nitrogen and oxygen atoms in total. The lowest BCUT2D eigenvalue weighted by atomic mass is 10.0. The van der Waals surface area contributed by atoms with E-state index in [4.69, 9.17) is 0 Å². The number of rotatable bonds is 4. The quantitative estimate of drug-likeness (QED) is 0.783. The lowest BCUT2D eigenvalue weighted by Crippen LogP contribution is -2.50. The van der Waals surface area contributed by atoms with E-state index in [-0.39, 0.29) is 17.6 Å². The number of hydrogen-bond acceptors (Lipinski definition) is 4. The van der Waals surface area contributed by atoms with Gasteiger partial charge in [0.25, 0.3) is 5.91 Å². The van der Waals surface area contributed by atoms with Gasteiger partial charge in [-0.25, -0.2) is 9.37 Å². The van der Waals surface area contributed by atoms with Gasteiger partial charge in [0.2, 0.25) is 5.91 Å². The second kappa shape index (κ2) is 8.39. The molecule has 4 rings (SSSR count). The maximum absolute atomic E-state index is 13.9. The Bertz CT molecular complexity index is 855. The lowest BCUT2D eigenvalue weighted by Gasteiger charge is -2.35. The summed E-state index contributed by atoms with van der Waals surface area (Å²) in [5.74, 6) is 0.327. The Morgan fingerprint density at radius 1 is 1.07 bits per heavy atom. The first-order chi connectivity index (χ1) is 13.6. The molecule has 0 unspecified atom stereocenters. The molecule has 1 aromatic heterocycles. The second-order valence-electron chi connectivity index (χ2n) is 7.54. The minimum atomic E-state index is -0.342. The van der Waals surface area contributed by atoms with Crippen LogP contribution in [0.2, 0.25) is 0 Å². The molecule has 0 spiro atoms. The average molecular weight is 402 g/mol. The third kappa shape index (κ3) is 4.09. The number of thiazole rings is 1. The molecule has 1 saturated carbocycles. The van der Waals surface area contributed by atoms with Gasteiger partial charge in [0.1, 0.15) is 15.7 Å². The first kappa shape index (κ1) is 19.1. The first-order valence-electron chi connectivity index (χ1n) is 9.89. The van der Waals surface area contributed by atoms with E-state index in [9.17, 15) is 14.0 Å². The predicted octanol–water partition coefficient (Wildman–Crippen LogP) is 3.81. The van der Waals surface area contributed by atoms with Crippen LogP contribution < -0.4 is 0 Å². The molecule has 0 atom stereocenters. The van der Waals surface area contributed by atoms with Gasteiger partial charge in [0, 0.05) is 38.2 Å². The summed E-state index contributed by atoms with van der Waals surface area (Å²) in [6, 6.07) is 6.44. The van der Waals surface area contributed by atoms with Crippen LogP contribution in [0.25, 0.3) is 10.6 Å². The van der Waals surface area contributed by atoms with Crippen LogP contribution in [0.4, 0.5) is 4.39 Å². The molecule has 1 aliphatic heterocycles. The highest BCUT2D eigenvalue weighted by Gasteiger charge is 2.28. The third-order valence-electron chi connectivity index (χ3n) is 5.68. The number of carbonyl (C=O) groups is 2. The molecular formula is C21H24FN3O2S. The molecule has 1 aromatic carbocycles. The number of halogens is 1. The molecule has 0 bridgehead atoms. The normalized spacial score (nSPS) is 17.9. The first-order valence-corrected chi connectivity index (χ1v) is 10.7. The Balaban J connectivity index is 1.34. The zero-order valence-corrected chi connectivity index (χ0v) is 16.6. The number of hydrogen-bond donors (Lipinski definition) is 0. The number of nitrogens with zero attached hydrogens (tertiary/aromatic N) is 3. The fourth-order valence-corrected chi connectivity index (χ4v) is 4.95. The van der Waals surface area contributed by atoms with E-state index in [0.29, 0.717) is 54.0 Å². The van der Waals surface area contributed by atoms with E-state index >= 15 is 0 Å². The summed E-state index contributed by atoms with van der Waals surface area (Å²) in [6.45, 7) is 2.22. The summed E-state index contributed by atoms with van der Waals surface area (Å²) in [6.07, 6.45) is 6.98. The van der Waals surface area contributed by atoms with Crippen molar-refractivity contribution in [3.63, 3.8) is 0 Å². The lowest BCUT2D eigenvalue weighted by molar-refractivity contribution is -0.133. The van der Waals surface area contributed by atoms with Crippen LogP contribution in [0.15, 0.2) is 30.5 Å². The Morgan fingerprint density at radius 3 is 2.46 bits per heavy atom. The van der Waals surface area contributed by atoms with Crippen LogP contribution in [-0.2, 0) is 4.79 Å². The third-order valence-corrected chi connectivity index (χ3v) is 6.70. The van der Waals surface area contributed by atoms with Crippen LogP contribution in [-0.4, -0.2) is 52.8 Å². The number of aromatic nitrogens is 1. The average Bonchev–Trinajstić information content (AvgIpc) is 3.40. The highest BCUT2D eigenvalue weighted by Crippen LogP contribution is 2.29. The van der Waals surface area contributed by atoms with E-state index < -0.39 is 0 Å². The summed E-state index contributed by atoms with van der Waals surface area (Å²) in [4.78, 5) is 33.6. The highest BCUT2D eigenvalue weighted by atomic mass is 32.1. The molecule has 28 heavy (non-hydrogen) atoms. The molecular weight excluding hydrogens is 377 g/mol. The van der Waals surface area contributed by atoms with Crippen molar-refractivity contribution in [3.8, 4) is 10.6 Å². The summed E-state index contributed by atoms with van der Waals surface area (Å²) >= 11 is 1.21.